The molecule has 0 aliphatic carbocycles. The van der Waals surface area contributed by atoms with Crippen LogP contribution in [0.5, 0.6) is 0 Å². The maximum absolute atomic E-state index is 11.8. The molecule has 1 amide bonds. The lowest BCUT2D eigenvalue weighted by Gasteiger charge is -2.21. The Kier molecular flexibility index (Phi) is 5.28. The van der Waals surface area contributed by atoms with Crippen LogP contribution in [0.25, 0.3) is 0 Å². The highest BCUT2D eigenvalue weighted by Crippen LogP contribution is 2.22. The number of amides is 1. The van der Waals surface area contributed by atoms with Gasteiger partial charge < -0.3 is 4.74 Å². The van der Waals surface area contributed by atoms with Crippen LogP contribution in [0.4, 0.5) is 4.79 Å². The molecular formula is C16H23NO2. The lowest BCUT2D eigenvalue weighted by atomic mass is 9.85. The van der Waals surface area contributed by atoms with E-state index in [1.165, 1.54) is 0 Å². The molecular weight excluding hydrogens is 238 g/mol. The zero-order valence-corrected chi connectivity index (χ0v) is 12.4. The molecule has 0 saturated heterocycles. The van der Waals surface area contributed by atoms with Crippen LogP contribution in [0, 0.1) is 11.3 Å². The molecule has 0 fully saturated rings. The molecule has 0 unspecified atom stereocenters. The summed E-state index contributed by atoms with van der Waals surface area (Å²) >= 11 is 0. The van der Waals surface area contributed by atoms with Gasteiger partial charge in [0.2, 0.25) is 0 Å². The van der Waals surface area contributed by atoms with Gasteiger partial charge in [-0.25, -0.2) is 4.79 Å². The van der Waals surface area contributed by atoms with Gasteiger partial charge in [0.05, 0.1) is 12.3 Å². The van der Waals surface area contributed by atoms with Crippen LogP contribution in [0.3, 0.4) is 0 Å². The van der Waals surface area contributed by atoms with E-state index >= 15 is 0 Å². The van der Waals surface area contributed by atoms with Crippen molar-refractivity contribution in [3.05, 3.63) is 35.9 Å². The Morgan fingerprint density at radius 1 is 1.21 bits per heavy atom. The van der Waals surface area contributed by atoms with E-state index in [9.17, 15) is 4.79 Å². The third-order valence-corrected chi connectivity index (χ3v) is 2.50. The minimum absolute atomic E-state index is 0.210. The van der Waals surface area contributed by atoms with Crippen molar-refractivity contribution in [1.29, 1.82) is 0 Å². The normalized spacial score (nSPS) is 12.6. The van der Waals surface area contributed by atoms with E-state index < -0.39 is 6.09 Å². The number of benzene rings is 1. The molecule has 0 radical (unpaired) electrons. The number of carbonyl (C=O) groups is 1. The summed E-state index contributed by atoms with van der Waals surface area (Å²) < 4.78 is 5.12. The fraction of sp³-hybridized carbons (Fsp3) is 0.500. The molecule has 104 valence electrons. The van der Waals surface area contributed by atoms with Gasteiger partial charge in [-0.15, -0.1) is 0 Å². The minimum atomic E-state index is -0.512. The predicted molar refractivity (Wildman–Crippen MR) is 78.6 cm³/mol. The maximum Gasteiger partial charge on any atom is 0.433 e. The first kappa shape index (κ1) is 15.4. The lowest BCUT2D eigenvalue weighted by Crippen LogP contribution is -2.23. The van der Waals surface area contributed by atoms with Gasteiger partial charge in [-0.3, -0.25) is 0 Å². The topological polar surface area (TPSA) is 38.7 Å². The molecule has 0 spiro atoms. The molecule has 1 rings (SSSR count). The summed E-state index contributed by atoms with van der Waals surface area (Å²) in [5.41, 5.74) is 1.50. The average Bonchev–Trinajstić information content (AvgIpc) is 2.33. The van der Waals surface area contributed by atoms with Crippen molar-refractivity contribution in [1.82, 2.24) is 0 Å². The fourth-order valence-electron chi connectivity index (χ4n) is 1.62. The first-order valence-corrected chi connectivity index (χ1v) is 6.62. The van der Waals surface area contributed by atoms with E-state index in [2.05, 4.69) is 4.99 Å². The second kappa shape index (κ2) is 6.50. The summed E-state index contributed by atoms with van der Waals surface area (Å²) in [5.74, 6) is 0.314. The molecule has 0 aromatic heterocycles. The Hall–Kier alpha value is -1.64. The van der Waals surface area contributed by atoms with Gasteiger partial charge in [-0.1, -0.05) is 65.0 Å². The molecule has 0 N–H and O–H groups in total. The van der Waals surface area contributed by atoms with Crippen LogP contribution in [-0.2, 0) is 4.74 Å². The Bertz CT molecular complexity index is 442. The van der Waals surface area contributed by atoms with Gasteiger partial charge in [0.25, 0.3) is 0 Å². The molecule has 0 aliphatic heterocycles. The average molecular weight is 261 g/mol. The number of rotatable bonds is 3. The number of hydrogen-bond donors (Lipinski definition) is 0. The molecule has 0 bridgehead atoms. The van der Waals surface area contributed by atoms with E-state index in [0.717, 1.165) is 11.3 Å². The third-order valence-electron chi connectivity index (χ3n) is 2.50. The number of aliphatic imine (C=N–C) groups is 1. The van der Waals surface area contributed by atoms with E-state index in [1.54, 1.807) is 0 Å². The summed E-state index contributed by atoms with van der Waals surface area (Å²) in [6.07, 6.45) is -0.512. The zero-order chi connectivity index (χ0) is 14.5. The number of ether oxygens (including phenoxy) is 1. The van der Waals surface area contributed by atoms with Gasteiger partial charge in [0.15, 0.2) is 0 Å². The monoisotopic (exact) mass is 261 g/mol. The van der Waals surface area contributed by atoms with Crippen LogP contribution >= 0.6 is 0 Å². The Morgan fingerprint density at radius 2 is 1.79 bits per heavy atom. The minimum Gasteiger partial charge on any atom is -0.448 e. The predicted octanol–water partition coefficient (Wildman–Crippen LogP) is 4.31. The first-order valence-electron chi connectivity index (χ1n) is 6.62. The SMILES string of the molecule is CC(C)COC(=O)/N=C(\c1ccccc1)C(C)(C)C. The second-order valence-corrected chi connectivity index (χ2v) is 6.05. The fourth-order valence-corrected chi connectivity index (χ4v) is 1.62. The van der Waals surface area contributed by atoms with Crippen LogP contribution in [0.15, 0.2) is 35.3 Å². The highest BCUT2D eigenvalue weighted by atomic mass is 16.5. The highest BCUT2D eigenvalue weighted by Gasteiger charge is 2.22. The van der Waals surface area contributed by atoms with Gasteiger partial charge in [-0.05, 0) is 11.5 Å². The first-order chi connectivity index (χ1) is 8.80. The molecule has 1 aromatic carbocycles. The van der Waals surface area contributed by atoms with Crippen molar-refractivity contribution in [2.75, 3.05) is 6.61 Å². The molecule has 1 aromatic rings. The van der Waals surface area contributed by atoms with Gasteiger partial charge >= 0.3 is 6.09 Å². The molecule has 3 heteroatoms. The van der Waals surface area contributed by atoms with E-state index in [1.807, 2.05) is 65.0 Å². The van der Waals surface area contributed by atoms with Crippen molar-refractivity contribution in [2.45, 2.75) is 34.6 Å². The van der Waals surface area contributed by atoms with Crippen molar-refractivity contribution in [2.24, 2.45) is 16.3 Å². The van der Waals surface area contributed by atoms with Crippen molar-refractivity contribution in [3.8, 4) is 0 Å². The van der Waals surface area contributed by atoms with Crippen LogP contribution < -0.4 is 0 Å². The number of carbonyl (C=O) groups excluding carboxylic acids is 1. The van der Waals surface area contributed by atoms with Gasteiger partial charge in [-0.2, -0.15) is 4.99 Å². The molecule has 0 atom stereocenters. The molecule has 19 heavy (non-hydrogen) atoms. The van der Waals surface area contributed by atoms with E-state index in [0.29, 0.717) is 12.5 Å². The quantitative estimate of drug-likeness (QED) is 0.760. The molecule has 0 heterocycles. The highest BCUT2D eigenvalue weighted by molar-refractivity contribution is 6.08. The summed E-state index contributed by atoms with van der Waals surface area (Å²) in [5, 5.41) is 0. The van der Waals surface area contributed by atoms with E-state index in [4.69, 9.17) is 4.74 Å². The molecule has 0 saturated carbocycles. The van der Waals surface area contributed by atoms with E-state index in [-0.39, 0.29) is 5.41 Å². The largest absolute Gasteiger partial charge is 0.448 e. The molecule has 3 nitrogen and oxygen atoms in total. The van der Waals surface area contributed by atoms with Crippen molar-refractivity contribution in [3.63, 3.8) is 0 Å². The standard InChI is InChI=1S/C16H23NO2/c1-12(2)11-19-15(18)17-14(16(3,4)5)13-9-7-6-8-10-13/h6-10,12H,11H2,1-5H3/b17-14+. The Balaban J connectivity index is 2.96. The van der Waals surface area contributed by atoms with Gasteiger partial charge in [0.1, 0.15) is 0 Å². The second-order valence-electron chi connectivity index (χ2n) is 6.05. The maximum atomic E-state index is 11.8. The Labute approximate surface area is 115 Å². The molecule has 0 aliphatic rings. The third kappa shape index (κ3) is 5.25. The van der Waals surface area contributed by atoms with Gasteiger partial charge in [0, 0.05) is 5.41 Å². The number of nitrogens with zero attached hydrogens (tertiary/aromatic N) is 1. The summed E-state index contributed by atoms with van der Waals surface area (Å²) in [4.78, 5) is 15.9. The van der Waals surface area contributed by atoms with Crippen LogP contribution in [-0.4, -0.2) is 18.4 Å². The van der Waals surface area contributed by atoms with Crippen molar-refractivity contribution >= 4 is 11.8 Å². The Morgan fingerprint density at radius 3 is 2.26 bits per heavy atom. The summed E-state index contributed by atoms with van der Waals surface area (Å²) in [6.45, 7) is 10.5. The summed E-state index contributed by atoms with van der Waals surface area (Å²) in [7, 11) is 0. The van der Waals surface area contributed by atoms with Crippen LogP contribution in [0.2, 0.25) is 0 Å². The summed E-state index contributed by atoms with van der Waals surface area (Å²) in [6, 6.07) is 9.74. The lowest BCUT2D eigenvalue weighted by molar-refractivity contribution is 0.143. The van der Waals surface area contributed by atoms with Crippen molar-refractivity contribution < 1.29 is 9.53 Å². The smallest absolute Gasteiger partial charge is 0.433 e. The number of hydrogen-bond acceptors (Lipinski definition) is 2. The van der Waals surface area contributed by atoms with Crippen LogP contribution in [0.1, 0.15) is 40.2 Å². The zero-order valence-electron chi connectivity index (χ0n) is 12.4.